The van der Waals surface area contributed by atoms with Crippen molar-refractivity contribution in [3.8, 4) is 0 Å². The van der Waals surface area contributed by atoms with Gasteiger partial charge >= 0.3 is 0 Å². The minimum Gasteiger partial charge on any atom is -0.0988 e. The molecule has 0 aromatic heterocycles. The van der Waals surface area contributed by atoms with E-state index < -0.39 is 0 Å². The second-order valence-corrected chi connectivity index (χ2v) is 10.7. The van der Waals surface area contributed by atoms with Gasteiger partial charge in [0.2, 0.25) is 0 Å². The molecule has 0 unspecified atom stereocenters. The molecule has 176 valence electrons. The Morgan fingerprint density at radius 3 is 2.14 bits per heavy atom. The number of allylic oxidation sites excluding steroid dienone is 17. The minimum atomic E-state index is 1.02. The second-order valence-electron chi connectivity index (χ2n) is 10.7. The van der Waals surface area contributed by atoms with E-state index in [2.05, 4.69) is 73.4 Å². The second kappa shape index (κ2) is 9.86. The number of aryl methyl sites for hydroxylation is 1. The summed E-state index contributed by atoms with van der Waals surface area (Å²) in [5.74, 6) is 0. The molecule has 1 aromatic rings. The number of benzene rings is 1. The maximum atomic E-state index is 4.02. The van der Waals surface area contributed by atoms with Gasteiger partial charge in [0.05, 0.1) is 0 Å². The van der Waals surface area contributed by atoms with Crippen LogP contribution in [0.15, 0.2) is 130 Å². The van der Waals surface area contributed by atoms with Gasteiger partial charge in [0.15, 0.2) is 0 Å². The summed E-state index contributed by atoms with van der Waals surface area (Å²) < 4.78 is 0. The molecule has 0 N–H and O–H groups in total. The zero-order valence-corrected chi connectivity index (χ0v) is 20.9. The summed E-state index contributed by atoms with van der Waals surface area (Å²) in [7, 11) is 0. The Hall–Kier alpha value is -3.12. The Morgan fingerprint density at radius 1 is 0.600 bits per heavy atom. The third kappa shape index (κ3) is 4.72. The van der Waals surface area contributed by atoms with Crippen molar-refractivity contribution in [3.05, 3.63) is 141 Å². The van der Waals surface area contributed by atoms with E-state index in [0.29, 0.717) is 0 Å². The lowest BCUT2D eigenvalue weighted by Crippen LogP contribution is -2.01. The molecule has 0 aliphatic heterocycles. The van der Waals surface area contributed by atoms with Gasteiger partial charge in [-0.2, -0.15) is 0 Å². The summed E-state index contributed by atoms with van der Waals surface area (Å²) in [4.78, 5) is 0. The number of hydrogen-bond donors (Lipinski definition) is 0. The van der Waals surface area contributed by atoms with Crippen LogP contribution in [-0.2, 0) is 12.8 Å². The maximum absolute atomic E-state index is 4.02. The first-order chi connectivity index (χ1) is 17.3. The van der Waals surface area contributed by atoms with Gasteiger partial charge in [-0.25, -0.2) is 0 Å². The topological polar surface area (TPSA) is 0 Å². The van der Waals surface area contributed by atoms with E-state index >= 15 is 0 Å². The van der Waals surface area contributed by atoms with Crippen molar-refractivity contribution in [3.63, 3.8) is 0 Å². The summed E-state index contributed by atoms with van der Waals surface area (Å²) in [6.45, 7) is 4.02. The first-order valence-electron chi connectivity index (χ1n) is 13.5. The van der Waals surface area contributed by atoms with Crippen LogP contribution in [0.1, 0.15) is 68.9 Å². The molecule has 5 aliphatic carbocycles. The molecule has 0 spiro atoms. The van der Waals surface area contributed by atoms with Crippen molar-refractivity contribution >= 4 is 0 Å². The largest absolute Gasteiger partial charge is 0.0988 e. The summed E-state index contributed by atoms with van der Waals surface area (Å²) >= 11 is 0. The van der Waals surface area contributed by atoms with Gasteiger partial charge in [0.1, 0.15) is 0 Å². The Kier molecular flexibility index (Phi) is 6.30. The number of hydrogen-bond acceptors (Lipinski definition) is 0. The molecule has 0 saturated heterocycles. The lowest BCUT2D eigenvalue weighted by molar-refractivity contribution is 0.817. The van der Waals surface area contributed by atoms with Gasteiger partial charge in [-0.1, -0.05) is 96.2 Å². The van der Waals surface area contributed by atoms with E-state index in [1.165, 1.54) is 55.2 Å². The van der Waals surface area contributed by atoms with Crippen LogP contribution in [0.5, 0.6) is 0 Å². The molecular weight excluding hydrogens is 420 g/mol. The van der Waals surface area contributed by atoms with Crippen LogP contribution in [0.25, 0.3) is 0 Å². The summed E-state index contributed by atoms with van der Waals surface area (Å²) in [6, 6.07) is 9.09. The van der Waals surface area contributed by atoms with E-state index in [-0.39, 0.29) is 0 Å². The average molecular weight is 457 g/mol. The summed E-state index contributed by atoms with van der Waals surface area (Å²) in [5, 5.41) is 0. The zero-order valence-electron chi connectivity index (χ0n) is 20.9. The standard InChI is InChI=1S/C35H36/c1-2-26-7-3-4-8-27(26)13-11-25-12-14-29-17-18-31-20-19-30-16-15-28-9-5-6-10-32(28)22-34(30)24-35(31)23-33(29)21-25/h2-6,9-11,13,19-21H,1,7-8,12,14-18,22-24H2/b13-11-. The Balaban J connectivity index is 1.24. The van der Waals surface area contributed by atoms with Gasteiger partial charge in [0.25, 0.3) is 0 Å². The van der Waals surface area contributed by atoms with E-state index in [9.17, 15) is 0 Å². The van der Waals surface area contributed by atoms with E-state index in [1.54, 1.807) is 44.6 Å². The van der Waals surface area contributed by atoms with Crippen LogP contribution in [0.3, 0.4) is 0 Å². The predicted octanol–water partition coefficient (Wildman–Crippen LogP) is 9.32. The van der Waals surface area contributed by atoms with Gasteiger partial charge in [-0.3, -0.25) is 0 Å². The van der Waals surface area contributed by atoms with Crippen molar-refractivity contribution in [1.29, 1.82) is 0 Å². The van der Waals surface area contributed by atoms with Crippen LogP contribution < -0.4 is 0 Å². The van der Waals surface area contributed by atoms with E-state index in [0.717, 1.165) is 32.1 Å². The molecule has 0 fully saturated rings. The molecule has 0 amide bonds. The molecule has 0 heteroatoms. The molecule has 5 aliphatic rings. The number of rotatable bonds is 3. The lowest BCUT2D eigenvalue weighted by atomic mass is 9.86. The predicted molar refractivity (Wildman–Crippen MR) is 149 cm³/mol. The van der Waals surface area contributed by atoms with Crippen molar-refractivity contribution in [2.24, 2.45) is 0 Å². The molecule has 1 aromatic carbocycles. The van der Waals surface area contributed by atoms with Gasteiger partial charge in [-0.15, -0.1) is 0 Å². The highest BCUT2D eigenvalue weighted by Gasteiger charge is 2.23. The Morgan fingerprint density at radius 2 is 1.31 bits per heavy atom. The van der Waals surface area contributed by atoms with Crippen LogP contribution in [0.2, 0.25) is 0 Å². The monoisotopic (exact) mass is 456 g/mol. The molecule has 35 heavy (non-hydrogen) atoms. The van der Waals surface area contributed by atoms with Crippen LogP contribution >= 0.6 is 0 Å². The molecule has 0 atom stereocenters. The third-order valence-electron chi connectivity index (χ3n) is 8.64. The highest BCUT2D eigenvalue weighted by molar-refractivity contribution is 5.51. The van der Waals surface area contributed by atoms with Crippen molar-refractivity contribution in [2.45, 2.75) is 70.6 Å². The van der Waals surface area contributed by atoms with Gasteiger partial charge in [0, 0.05) is 0 Å². The lowest BCUT2D eigenvalue weighted by Gasteiger charge is -2.19. The minimum absolute atomic E-state index is 1.02. The van der Waals surface area contributed by atoms with Crippen molar-refractivity contribution in [2.75, 3.05) is 0 Å². The van der Waals surface area contributed by atoms with Crippen molar-refractivity contribution < 1.29 is 0 Å². The fourth-order valence-corrected chi connectivity index (χ4v) is 6.51. The fraction of sp³-hybridized carbons (Fsp3) is 0.314. The quantitative estimate of drug-likeness (QED) is 0.397. The smallest absolute Gasteiger partial charge is 0.00553 e. The molecular formula is C35H36. The van der Waals surface area contributed by atoms with Crippen LogP contribution in [0, 0.1) is 0 Å². The van der Waals surface area contributed by atoms with E-state index in [4.69, 9.17) is 0 Å². The molecule has 0 nitrogen and oxygen atoms in total. The molecule has 6 rings (SSSR count). The van der Waals surface area contributed by atoms with Crippen LogP contribution in [0.4, 0.5) is 0 Å². The summed E-state index contributed by atoms with van der Waals surface area (Å²) in [6.07, 6.45) is 31.5. The van der Waals surface area contributed by atoms with Crippen molar-refractivity contribution in [1.82, 2.24) is 0 Å². The highest BCUT2D eigenvalue weighted by Crippen LogP contribution is 2.41. The molecule has 0 radical (unpaired) electrons. The zero-order chi connectivity index (χ0) is 23.6. The Labute approximate surface area is 211 Å². The summed E-state index contributed by atoms with van der Waals surface area (Å²) in [5.41, 5.74) is 17.2. The normalized spacial score (nSPS) is 22.2. The maximum Gasteiger partial charge on any atom is -0.00553 e. The van der Waals surface area contributed by atoms with Gasteiger partial charge < -0.3 is 0 Å². The van der Waals surface area contributed by atoms with Crippen LogP contribution in [-0.4, -0.2) is 0 Å². The SMILES string of the molecule is C=CC1=C(/C=C\C2=CC3=C(CC2)CCC2=C(C3)CC3=C(C=C2)CCc2ccccc2C3)CC=CC1. The molecule has 0 heterocycles. The third-order valence-corrected chi connectivity index (χ3v) is 8.64. The average Bonchev–Trinajstić information content (AvgIpc) is 3.24. The fourth-order valence-electron chi connectivity index (χ4n) is 6.51. The molecule has 0 saturated carbocycles. The number of fused-ring (bicyclic) bond motifs is 1. The van der Waals surface area contributed by atoms with Gasteiger partial charge in [-0.05, 0) is 115 Å². The first kappa shape index (κ1) is 22.4. The Bertz CT molecular complexity index is 1310. The highest BCUT2D eigenvalue weighted by atomic mass is 14.3. The molecule has 0 bridgehead atoms. The van der Waals surface area contributed by atoms with E-state index in [1.807, 2.05) is 6.08 Å². The first-order valence-corrected chi connectivity index (χ1v) is 13.5.